The van der Waals surface area contributed by atoms with Crippen LogP contribution in [0.1, 0.15) is 17.1 Å². The number of para-hydroxylation sites is 1. The van der Waals surface area contributed by atoms with Crippen LogP contribution in [0.3, 0.4) is 0 Å². The number of nitrogens with zero attached hydrogens (tertiary/aromatic N) is 4. The Labute approximate surface area is 207 Å². The van der Waals surface area contributed by atoms with E-state index in [9.17, 15) is 9.90 Å². The predicted octanol–water partition coefficient (Wildman–Crippen LogP) is 5.15. The van der Waals surface area contributed by atoms with Crippen LogP contribution in [0.2, 0.25) is 0 Å². The van der Waals surface area contributed by atoms with E-state index in [1.807, 2.05) is 91.9 Å². The van der Waals surface area contributed by atoms with Crippen LogP contribution in [0.25, 0.3) is 28.4 Å². The summed E-state index contributed by atoms with van der Waals surface area (Å²) >= 11 is 0. The van der Waals surface area contributed by atoms with Crippen molar-refractivity contribution in [2.45, 2.75) is 19.8 Å². The molecule has 1 N–H and O–H groups in total. The van der Waals surface area contributed by atoms with Crippen molar-refractivity contribution in [1.82, 2.24) is 20.0 Å². The molecule has 180 valence electrons. The Bertz CT molecular complexity index is 1460. The van der Waals surface area contributed by atoms with Gasteiger partial charge in [0.15, 0.2) is 0 Å². The monoisotopic (exact) mass is 480 g/mol. The molecule has 0 aliphatic rings. The molecule has 5 rings (SSSR count). The highest BCUT2D eigenvalue weighted by Gasteiger charge is 2.17. The molecular weight excluding hydrogens is 456 g/mol. The van der Waals surface area contributed by atoms with E-state index in [0.717, 1.165) is 28.3 Å². The lowest BCUT2D eigenvalue weighted by atomic mass is 10.1. The van der Waals surface area contributed by atoms with Crippen LogP contribution in [0.5, 0.6) is 5.75 Å². The third-order valence-corrected chi connectivity index (χ3v) is 5.64. The first-order valence-electron chi connectivity index (χ1n) is 11.6. The number of aromatic nitrogens is 4. The zero-order valence-electron chi connectivity index (χ0n) is 19.7. The summed E-state index contributed by atoms with van der Waals surface area (Å²) in [6.07, 6.45) is 0.389. The fourth-order valence-electron chi connectivity index (χ4n) is 3.84. The number of aliphatic carboxylic acids is 1. The van der Waals surface area contributed by atoms with Gasteiger partial charge in [-0.15, -0.1) is 5.10 Å². The molecule has 0 atom stereocenters. The number of carboxylic acid groups (broad SMARTS) is 1. The van der Waals surface area contributed by atoms with Gasteiger partial charge in [0.05, 0.1) is 24.4 Å². The van der Waals surface area contributed by atoms with Crippen LogP contribution in [0.15, 0.2) is 89.3 Å². The van der Waals surface area contributed by atoms with Gasteiger partial charge < -0.3 is 14.3 Å². The summed E-state index contributed by atoms with van der Waals surface area (Å²) in [4.78, 5) is 17.5. The number of carbonyl (C=O) groups is 1. The second-order valence-corrected chi connectivity index (χ2v) is 8.20. The number of oxazole rings is 1. The minimum Gasteiger partial charge on any atom is -0.493 e. The molecule has 8 nitrogen and oxygen atoms in total. The van der Waals surface area contributed by atoms with Gasteiger partial charge in [0.2, 0.25) is 5.89 Å². The summed E-state index contributed by atoms with van der Waals surface area (Å²) in [5.41, 5.74) is 4.25. The van der Waals surface area contributed by atoms with Crippen molar-refractivity contribution in [3.63, 3.8) is 0 Å². The fourth-order valence-corrected chi connectivity index (χ4v) is 3.84. The Morgan fingerprint density at radius 2 is 1.58 bits per heavy atom. The molecule has 0 aliphatic carbocycles. The van der Waals surface area contributed by atoms with Gasteiger partial charge >= 0.3 is 5.97 Å². The maximum Gasteiger partial charge on any atom is 0.309 e. The third kappa shape index (κ3) is 5.17. The van der Waals surface area contributed by atoms with Crippen LogP contribution in [-0.4, -0.2) is 37.7 Å². The van der Waals surface area contributed by atoms with Crippen molar-refractivity contribution >= 4 is 5.97 Å². The van der Waals surface area contributed by atoms with Gasteiger partial charge in [-0.2, -0.15) is 9.90 Å². The minimum atomic E-state index is -0.963. The number of carboxylic acids is 1. The van der Waals surface area contributed by atoms with Crippen molar-refractivity contribution < 1.29 is 19.1 Å². The summed E-state index contributed by atoms with van der Waals surface area (Å²) in [6, 6.07) is 26.6. The molecule has 0 aliphatic heterocycles. The van der Waals surface area contributed by atoms with Crippen LogP contribution >= 0.6 is 0 Å². The summed E-state index contributed by atoms with van der Waals surface area (Å²) in [7, 11) is 0. The number of hydrogen-bond donors (Lipinski definition) is 1. The highest BCUT2D eigenvalue weighted by atomic mass is 16.5. The topological polar surface area (TPSA) is 103 Å². The lowest BCUT2D eigenvalue weighted by Crippen LogP contribution is -2.03. The molecule has 3 aromatic carbocycles. The van der Waals surface area contributed by atoms with Gasteiger partial charge in [-0.05, 0) is 55.5 Å². The summed E-state index contributed by atoms with van der Waals surface area (Å²) in [6.45, 7) is 2.34. The molecule has 0 bridgehead atoms. The molecule has 0 saturated carbocycles. The van der Waals surface area contributed by atoms with Gasteiger partial charge in [-0.3, -0.25) is 4.79 Å². The Morgan fingerprint density at radius 3 is 2.28 bits per heavy atom. The highest BCUT2D eigenvalue weighted by Crippen LogP contribution is 2.25. The molecule has 36 heavy (non-hydrogen) atoms. The van der Waals surface area contributed by atoms with Gasteiger partial charge in [0.25, 0.3) is 0 Å². The van der Waals surface area contributed by atoms with Crippen LogP contribution in [-0.2, 0) is 17.6 Å². The third-order valence-electron chi connectivity index (χ3n) is 5.64. The van der Waals surface area contributed by atoms with Gasteiger partial charge in [-0.1, -0.05) is 36.4 Å². The maximum atomic E-state index is 11.4. The van der Waals surface area contributed by atoms with E-state index < -0.39 is 5.97 Å². The van der Waals surface area contributed by atoms with Crippen LogP contribution < -0.4 is 4.74 Å². The van der Waals surface area contributed by atoms with Crippen molar-refractivity contribution in [2.24, 2.45) is 0 Å². The van der Waals surface area contributed by atoms with Crippen LogP contribution in [0.4, 0.5) is 0 Å². The lowest BCUT2D eigenvalue weighted by molar-refractivity contribution is -0.136. The first kappa shape index (κ1) is 23.0. The zero-order valence-corrected chi connectivity index (χ0v) is 19.7. The molecule has 2 heterocycles. The van der Waals surface area contributed by atoms with Crippen molar-refractivity contribution in [2.75, 3.05) is 6.61 Å². The fraction of sp³-hybridized carbons (Fsp3) is 0.143. The number of benzene rings is 3. The summed E-state index contributed by atoms with van der Waals surface area (Å²) < 4.78 is 11.7. The van der Waals surface area contributed by atoms with Crippen molar-refractivity contribution in [3.05, 3.63) is 102 Å². The molecule has 0 fully saturated rings. The van der Waals surface area contributed by atoms with Crippen molar-refractivity contribution in [1.29, 1.82) is 0 Å². The number of hydrogen-bond acceptors (Lipinski definition) is 6. The molecule has 5 aromatic rings. The van der Waals surface area contributed by atoms with E-state index in [1.54, 1.807) is 0 Å². The van der Waals surface area contributed by atoms with E-state index >= 15 is 0 Å². The highest BCUT2D eigenvalue weighted by molar-refractivity contribution is 5.74. The number of aryl methyl sites for hydroxylation is 1. The molecule has 2 aromatic heterocycles. The van der Waals surface area contributed by atoms with Gasteiger partial charge in [-0.25, -0.2) is 4.98 Å². The van der Waals surface area contributed by atoms with E-state index in [1.165, 1.54) is 4.80 Å². The Hall–Kier alpha value is -4.72. The normalized spacial score (nSPS) is 10.9. The average Bonchev–Trinajstić information content (AvgIpc) is 3.49. The number of rotatable bonds is 9. The second-order valence-electron chi connectivity index (χ2n) is 8.20. The van der Waals surface area contributed by atoms with E-state index in [-0.39, 0.29) is 6.42 Å². The minimum absolute atomic E-state index is 0.220. The molecule has 0 unspecified atom stereocenters. The molecule has 8 heteroatoms. The lowest BCUT2D eigenvalue weighted by Gasteiger charge is -2.06. The first-order valence-corrected chi connectivity index (χ1v) is 11.6. The SMILES string of the molecule is Cc1oc(-c2ccccc2)nc1CCOc1ccc(-c2nn(-c3ccccc3)nc2CC(=O)O)cc1. The molecule has 0 saturated heterocycles. The van der Waals surface area contributed by atoms with E-state index in [0.29, 0.717) is 36.1 Å². The molecule has 0 spiro atoms. The largest absolute Gasteiger partial charge is 0.493 e. The number of ether oxygens (including phenoxy) is 1. The molecular formula is C28H24N4O4. The molecule has 0 radical (unpaired) electrons. The van der Waals surface area contributed by atoms with Gasteiger partial charge in [0, 0.05) is 17.5 Å². The standard InChI is InChI=1S/C28H24N4O4/c1-19-24(29-28(36-19)21-8-4-2-5-9-21)16-17-35-23-14-12-20(13-15-23)27-25(18-26(33)34)30-32(31-27)22-10-6-3-7-11-22/h2-15H,16-18H2,1H3,(H,33,34). The first-order chi connectivity index (χ1) is 17.6. The summed E-state index contributed by atoms with van der Waals surface area (Å²) in [5, 5.41) is 18.3. The molecule has 0 amide bonds. The van der Waals surface area contributed by atoms with Gasteiger partial charge in [0.1, 0.15) is 22.9 Å². The maximum absolute atomic E-state index is 11.4. The van der Waals surface area contributed by atoms with E-state index in [2.05, 4.69) is 15.2 Å². The van der Waals surface area contributed by atoms with Crippen molar-refractivity contribution in [3.8, 4) is 34.1 Å². The summed E-state index contributed by atoms with van der Waals surface area (Å²) in [5.74, 6) is 1.11. The Morgan fingerprint density at radius 1 is 0.889 bits per heavy atom. The quantitative estimate of drug-likeness (QED) is 0.311. The zero-order chi connectivity index (χ0) is 24.9. The average molecular weight is 481 g/mol. The van der Waals surface area contributed by atoms with E-state index in [4.69, 9.17) is 9.15 Å². The Balaban J connectivity index is 1.27. The Kier molecular flexibility index (Phi) is 6.57. The second kappa shape index (κ2) is 10.3. The van der Waals surface area contributed by atoms with Crippen LogP contribution in [0, 0.1) is 6.92 Å². The smallest absolute Gasteiger partial charge is 0.309 e. The predicted molar refractivity (Wildman–Crippen MR) is 134 cm³/mol.